The van der Waals surface area contributed by atoms with Gasteiger partial charge in [0, 0.05) is 6.92 Å². The van der Waals surface area contributed by atoms with Gasteiger partial charge in [-0.1, -0.05) is 27.7 Å². The van der Waals surface area contributed by atoms with Gasteiger partial charge in [0.05, 0.1) is 6.10 Å². The van der Waals surface area contributed by atoms with Gasteiger partial charge in [-0.3, -0.25) is 19.2 Å². The summed E-state index contributed by atoms with van der Waals surface area (Å²) in [6.07, 6.45) is -0.876. The van der Waals surface area contributed by atoms with Gasteiger partial charge in [0.25, 0.3) is 0 Å². The van der Waals surface area contributed by atoms with E-state index in [1.54, 1.807) is 13.8 Å². The minimum absolute atomic E-state index is 0.109. The third kappa shape index (κ3) is 8.28. The molecule has 0 fully saturated rings. The smallest absolute Gasteiger partial charge is 0.245 e. The summed E-state index contributed by atoms with van der Waals surface area (Å²) in [5.74, 6) is -2.52. The molecule has 0 aromatic heterocycles. The molecule has 6 N–H and O–H groups in total. The van der Waals surface area contributed by atoms with E-state index in [2.05, 4.69) is 16.0 Å². The van der Waals surface area contributed by atoms with E-state index >= 15 is 0 Å². The van der Waals surface area contributed by atoms with Crippen LogP contribution in [0.15, 0.2) is 0 Å². The Balaban J connectivity index is 5.21. The fraction of sp³-hybridized carbons (Fsp3) is 0.765. The van der Waals surface area contributed by atoms with Crippen molar-refractivity contribution >= 4 is 23.6 Å². The zero-order valence-corrected chi connectivity index (χ0v) is 16.3. The number of carbonyl (C=O) groups excluding carboxylic acids is 4. The molecule has 0 aromatic rings. The number of nitrogens with two attached hydrogens (primary N) is 1. The van der Waals surface area contributed by atoms with E-state index in [1.165, 1.54) is 13.8 Å². The van der Waals surface area contributed by atoms with Crippen molar-refractivity contribution in [2.75, 3.05) is 0 Å². The Hall–Kier alpha value is -2.16. The number of hydrogen-bond acceptors (Lipinski definition) is 5. The SMILES string of the molecule is CC(=O)N[C@H](C(=O)N[C@H](C(=O)N[C@@H](CC(C)C)C(N)=O)[C@@H](C)O)C(C)C. The molecule has 0 spiro atoms. The van der Waals surface area contributed by atoms with Gasteiger partial charge in [0.15, 0.2) is 0 Å². The molecule has 0 saturated carbocycles. The van der Waals surface area contributed by atoms with Gasteiger partial charge in [-0.15, -0.1) is 0 Å². The Labute approximate surface area is 154 Å². The monoisotopic (exact) mass is 372 g/mol. The van der Waals surface area contributed by atoms with Crippen LogP contribution in [0.3, 0.4) is 0 Å². The molecule has 0 rings (SSSR count). The van der Waals surface area contributed by atoms with Crippen LogP contribution in [-0.2, 0) is 19.2 Å². The number of aliphatic hydroxyl groups is 1. The van der Waals surface area contributed by atoms with Crippen LogP contribution in [0.2, 0.25) is 0 Å². The maximum atomic E-state index is 12.5. The van der Waals surface area contributed by atoms with E-state index in [-0.39, 0.29) is 17.7 Å². The van der Waals surface area contributed by atoms with Crippen molar-refractivity contribution in [1.29, 1.82) is 0 Å². The molecule has 0 aliphatic heterocycles. The van der Waals surface area contributed by atoms with E-state index in [9.17, 15) is 24.3 Å². The molecule has 150 valence electrons. The van der Waals surface area contributed by atoms with Gasteiger partial charge < -0.3 is 26.8 Å². The molecule has 0 aliphatic carbocycles. The highest BCUT2D eigenvalue weighted by atomic mass is 16.3. The van der Waals surface area contributed by atoms with Crippen LogP contribution in [0, 0.1) is 11.8 Å². The summed E-state index contributed by atoms with van der Waals surface area (Å²) >= 11 is 0. The Kier molecular flexibility index (Phi) is 9.85. The standard InChI is InChI=1S/C17H32N4O5/c1-8(2)7-12(15(18)24)20-17(26)14(10(5)22)21-16(25)13(9(3)4)19-11(6)23/h8-10,12-14,22H,7H2,1-6H3,(H2,18,24)(H,19,23)(H,20,26)(H,21,25)/t10-,12+,13+,14+/m1/s1. The maximum absolute atomic E-state index is 12.5. The topological polar surface area (TPSA) is 151 Å². The molecule has 26 heavy (non-hydrogen) atoms. The first kappa shape index (κ1) is 23.8. The summed E-state index contributed by atoms with van der Waals surface area (Å²) in [5.41, 5.74) is 5.30. The van der Waals surface area contributed by atoms with Crippen LogP contribution in [-0.4, -0.2) is 53.0 Å². The summed E-state index contributed by atoms with van der Waals surface area (Å²) in [4.78, 5) is 47.7. The molecule has 9 nitrogen and oxygen atoms in total. The van der Waals surface area contributed by atoms with E-state index in [0.29, 0.717) is 6.42 Å². The van der Waals surface area contributed by atoms with Crippen LogP contribution < -0.4 is 21.7 Å². The highest BCUT2D eigenvalue weighted by Gasteiger charge is 2.32. The minimum Gasteiger partial charge on any atom is -0.391 e. The van der Waals surface area contributed by atoms with Gasteiger partial charge in [-0.2, -0.15) is 0 Å². The number of hydrogen-bond donors (Lipinski definition) is 5. The molecule has 0 unspecified atom stereocenters. The van der Waals surface area contributed by atoms with Crippen LogP contribution >= 0.6 is 0 Å². The fourth-order valence-electron chi connectivity index (χ4n) is 2.38. The van der Waals surface area contributed by atoms with Crippen molar-refractivity contribution < 1.29 is 24.3 Å². The van der Waals surface area contributed by atoms with Gasteiger partial charge >= 0.3 is 0 Å². The van der Waals surface area contributed by atoms with Crippen molar-refractivity contribution in [1.82, 2.24) is 16.0 Å². The molecule has 9 heteroatoms. The maximum Gasteiger partial charge on any atom is 0.245 e. The molecule has 0 saturated heterocycles. The van der Waals surface area contributed by atoms with E-state index in [4.69, 9.17) is 5.73 Å². The van der Waals surface area contributed by atoms with Crippen molar-refractivity contribution in [3.63, 3.8) is 0 Å². The molecule has 0 aliphatic rings. The molecule has 0 aromatic carbocycles. The summed E-state index contributed by atoms with van der Waals surface area (Å²) < 4.78 is 0. The van der Waals surface area contributed by atoms with Crippen molar-refractivity contribution in [2.45, 2.75) is 72.2 Å². The second-order valence-electron chi connectivity index (χ2n) is 7.24. The average Bonchev–Trinajstić information content (AvgIpc) is 2.47. The molecule has 4 amide bonds. The second-order valence-corrected chi connectivity index (χ2v) is 7.24. The normalized spacial score (nSPS) is 15.7. The van der Waals surface area contributed by atoms with Crippen LogP contribution in [0.5, 0.6) is 0 Å². The number of aliphatic hydroxyl groups excluding tert-OH is 1. The first-order chi connectivity index (χ1) is 11.9. The first-order valence-electron chi connectivity index (χ1n) is 8.72. The minimum atomic E-state index is -1.29. The molecular weight excluding hydrogens is 340 g/mol. The van der Waals surface area contributed by atoms with Crippen molar-refractivity contribution in [2.24, 2.45) is 17.6 Å². The molecule has 0 heterocycles. The molecular formula is C17H32N4O5. The van der Waals surface area contributed by atoms with Crippen molar-refractivity contribution in [3.8, 4) is 0 Å². The number of carbonyl (C=O) groups is 4. The van der Waals surface area contributed by atoms with E-state index in [0.717, 1.165) is 0 Å². The largest absolute Gasteiger partial charge is 0.391 e. The zero-order chi connectivity index (χ0) is 20.6. The van der Waals surface area contributed by atoms with Gasteiger partial charge in [-0.25, -0.2) is 0 Å². The second kappa shape index (κ2) is 10.7. The van der Waals surface area contributed by atoms with Crippen LogP contribution in [0.4, 0.5) is 0 Å². The average molecular weight is 372 g/mol. The fourth-order valence-corrected chi connectivity index (χ4v) is 2.38. The van der Waals surface area contributed by atoms with Crippen LogP contribution in [0.1, 0.15) is 48.0 Å². The molecule has 0 radical (unpaired) electrons. The highest BCUT2D eigenvalue weighted by Crippen LogP contribution is 2.07. The van der Waals surface area contributed by atoms with Gasteiger partial charge in [0.2, 0.25) is 23.6 Å². The predicted octanol–water partition coefficient (Wildman–Crippen LogP) is -0.971. The number of rotatable bonds is 10. The molecule has 0 bridgehead atoms. The van der Waals surface area contributed by atoms with Crippen LogP contribution in [0.25, 0.3) is 0 Å². The van der Waals surface area contributed by atoms with Crippen molar-refractivity contribution in [3.05, 3.63) is 0 Å². The zero-order valence-electron chi connectivity index (χ0n) is 16.3. The Morgan fingerprint density at radius 1 is 0.885 bits per heavy atom. The third-order valence-corrected chi connectivity index (χ3v) is 3.74. The third-order valence-electron chi connectivity index (χ3n) is 3.74. The number of nitrogens with one attached hydrogen (secondary N) is 3. The quantitative estimate of drug-likeness (QED) is 0.334. The summed E-state index contributed by atoms with van der Waals surface area (Å²) in [6, 6.07) is -3.05. The van der Waals surface area contributed by atoms with E-state index < -0.39 is 42.0 Å². The summed E-state index contributed by atoms with van der Waals surface area (Å²) in [5, 5.41) is 17.3. The number of amides is 4. The first-order valence-corrected chi connectivity index (χ1v) is 8.72. The lowest BCUT2D eigenvalue weighted by Gasteiger charge is -2.27. The summed E-state index contributed by atoms with van der Waals surface area (Å²) in [7, 11) is 0. The predicted molar refractivity (Wildman–Crippen MR) is 96.6 cm³/mol. The van der Waals surface area contributed by atoms with E-state index in [1.807, 2.05) is 13.8 Å². The lowest BCUT2D eigenvalue weighted by Crippen LogP contribution is -2.60. The Morgan fingerprint density at radius 2 is 1.38 bits per heavy atom. The Morgan fingerprint density at radius 3 is 1.73 bits per heavy atom. The molecule has 4 atom stereocenters. The highest BCUT2D eigenvalue weighted by molar-refractivity contribution is 5.94. The number of primary amides is 1. The van der Waals surface area contributed by atoms with Gasteiger partial charge in [-0.05, 0) is 25.2 Å². The lowest BCUT2D eigenvalue weighted by molar-refractivity contribution is -0.135. The lowest BCUT2D eigenvalue weighted by atomic mass is 10.0. The van der Waals surface area contributed by atoms with Gasteiger partial charge in [0.1, 0.15) is 18.1 Å². The summed E-state index contributed by atoms with van der Waals surface area (Å²) in [6.45, 7) is 9.85. The Bertz CT molecular complexity index is 519.